The summed E-state index contributed by atoms with van der Waals surface area (Å²) in [6.07, 6.45) is 1.89. The molecule has 2 aliphatic heterocycles. The Hall–Kier alpha value is -4.09. The molecule has 2 aliphatic rings. The lowest BCUT2D eigenvalue weighted by Crippen LogP contribution is -2.40. The summed E-state index contributed by atoms with van der Waals surface area (Å²) in [5.74, 6) is 1.56. The van der Waals surface area contributed by atoms with Crippen molar-refractivity contribution in [1.82, 2.24) is 9.13 Å². The summed E-state index contributed by atoms with van der Waals surface area (Å²) in [4.78, 5) is 32.5. The number of fused-ring (bicyclic) bond motifs is 2. The van der Waals surface area contributed by atoms with Crippen LogP contribution in [-0.4, -0.2) is 35.6 Å². The number of hydrogen-bond acceptors (Lipinski definition) is 8. The Morgan fingerprint density at radius 1 is 1.14 bits per heavy atom. The molecule has 0 bridgehead atoms. The van der Waals surface area contributed by atoms with Gasteiger partial charge >= 0.3 is 5.97 Å². The van der Waals surface area contributed by atoms with E-state index in [0.717, 1.165) is 34.0 Å². The molecule has 0 aliphatic carbocycles. The van der Waals surface area contributed by atoms with Crippen LogP contribution in [0.5, 0.6) is 17.2 Å². The molecule has 0 unspecified atom stereocenters. The smallest absolute Gasteiger partial charge is 0.338 e. The molecule has 6 rings (SSSR count). The maximum Gasteiger partial charge on any atom is 0.338 e. The van der Waals surface area contributed by atoms with E-state index in [1.165, 1.54) is 11.3 Å². The number of carbonyl (C=O) groups excluding carboxylic acids is 1. The predicted octanol–water partition coefficient (Wildman–Crippen LogP) is 4.71. The van der Waals surface area contributed by atoms with E-state index in [4.69, 9.17) is 18.9 Å². The van der Waals surface area contributed by atoms with Gasteiger partial charge in [0.25, 0.3) is 5.56 Å². The van der Waals surface area contributed by atoms with Gasteiger partial charge in [-0.1, -0.05) is 17.4 Å². The van der Waals surface area contributed by atoms with Crippen molar-refractivity contribution in [2.75, 3.05) is 20.5 Å². The number of hydrogen-bond donors (Lipinski definition) is 0. The number of esters is 1. The zero-order valence-electron chi connectivity index (χ0n) is 23.7. The number of rotatable bonds is 6. The average molecular weight is 651 g/mol. The number of methoxy groups -OCH3 is 1. The van der Waals surface area contributed by atoms with Gasteiger partial charge in [-0.15, -0.1) is 0 Å². The summed E-state index contributed by atoms with van der Waals surface area (Å²) in [5.41, 5.74) is 5.15. The number of thiazole rings is 1. The Kier molecular flexibility index (Phi) is 7.32. The molecule has 0 saturated heterocycles. The zero-order chi connectivity index (χ0) is 29.7. The van der Waals surface area contributed by atoms with Crippen LogP contribution in [0.15, 0.2) is 68.0 Å². The molecule has 0 spiro atoms. The fourth-order valence-corrected chi connectivity index (χ4v) is 7.05. The van der Waals surface area contributed by atoms with Crippen molar-refractivity contribution in [2.24, 2.45) is 4.99 Å². The van der Waals surface area contributed by atoms with Crippen molar-refractivity contribution in [2.45, 2.75) is 33.7 Å². The van der Waals surface area contributed by atoms with Crippen molar-refractivity contribution >= 4 is 39.3 Å². The third kappa shape index (κ3) is 4.66. The number of benzene rings is 2. The van der Waals surface area contributed by atoms with E-state index in [2.05, 4.69) is 25.5 Å². The molecule has 0 amide bonds. The van der Waals surface area contributed by atoms with Crippen molar-refractivity contribution in [1.29, 1.82) is 0 Å². The van der Waals surface area contributed by atoms with Gasteiger partial charge in [-0.25, -0.2) is 9.79 Å². The molecule has 2 aromatic heterocycles. The molecule has 0 radical (unpaired) electrons. The highest BCUT2D eigenvalue weighted by Gasteiger charge is 2.33. The minimum absolute atomic E-state index is 0.206. The van der Waals surface area contributed by atoms with Gasteiger partial charge in [-0.3, -0.25) is 9.36 Å². The first-order valence-electron chi connectivity index (χ1n) is 13.3. The molecule has 1 atom stereocenters. The topological polar surface area (TPSA) is 93.3 Å². The first kappa shape index (κ1) is 28.0. The Morgan fingerprint density at radius 3 is 2.67 bits per heavy atom. The number of halogens is 1. The summed E-state index contributed by atoms with van der Waals surface area (Å²) in [6.45, 7) is 7.97. The molecular formula is C31H28BrN3O6S. The van der Waals surface area contributed by atoms with Crippen molar-refractivity contribution in [3.8, 4) is 22.9 Å². The highest BCUT2D eigenvalue weighted by molar-refractivity contribution is 9.10. The van der Waals surface area contributed by atoms with Crippen LogP contribution in [-0.2, 0) is 9.53 Å². The van der Waals surface area contributed by atoms with Crippen molar-refractivity contribution in [3.63, 3.8) is 0 Å². The maximum atomic E-state index is 14.1. The van der Waals surface area contributed by atoms with Gasteiger partial charge in [0.05, 0.1) is 40.0 Å². The van der Waals surface area contributed by atoms with E-state index in [9.17, 15) is 9.59 Å². The fraction of sp³-hybridized carbons (Fsp3) is 0.258. The SMILES string of the molecule is CCOC(=O)C1=C(C)N=c2s/c(=C/c3cc(C)n(-c4ccc5c(c4)OCO5)c3C)c(=O)n2[C@@H]1c1ccc(OC)c(Br)c1. The monoisotopic (exact) mass is 649 g/mol. The molecule has 0 fully saturated rings. The highest BCUT2D eigenvalue weighted by atomic mass is 79.9. The largest absolute Gasteiger partial charge is 0.496 e. The summed E-state index contributed by atoms with van der Waals surface area (Å²) >= 11 is 4.84. The third-order valence-corrected chi connectivity index (χ3v) is 8.98. The van der Waals surface area contributed by atoms with Crippen molar-refractivity contribution < 1.29 is 23.7 Å². The molecular weight excluding hydrogens is 622 g/mol. The van der Waals surface area contributed by atoms with E-state index >= 15 is 0 Å². The molecule has 42 heavy (non-hydrogen) atoms. The van der Waals surface area contributed by atoms with Crippen LogP contribution in [0.1, 0.15) is 42.4 Å². The molecule has 0 N–H and O–H groups in total. The van der Waals surface area contributed by atoms with Gasteiger partial charge in [0.15, 0.2) is 16.3 Å². The molecule has 11 heteroatoms. The Balaban J connectivity index is 1.50. The number of allylic oxidation sites excluding steroid dienone is 1. The number of nitrogens with zero attached hydrogens (tertiary/aromatic N) is 3. The minimum atomic E-state index is -0.717. The van der Waals surface area contributed by atoms with E-state index in [1.54, 1.807) is 31.6 Å². The van der Waals surface area contributed by atoms with Crippen LogP contribution in [0.25, 0.3) is 11.8 Å². The summed E-state index contributed by atoms with van der Waals surface area (Å²) < 4.78 is 26.8. The molecule has 4 heterocycles. The standard InChI is InChI=1S/C31H28BrN3O6S/c1-6-39-30(37)27-17(3)33-31-35(28(27)19-7-9-23(38-5)22(32)12-19)29(36)26(42-31)13-20-11-16(2)34(18(20)4)21-8-10-24-25(14-21)41-15-40-24/h7-14,28H,6,15H2,1-5H3/b26-13+/t28-/m1/s1. The quantitative estimate of drug-likeness (QED) is 0.281. The molecule has 216 valence electrons. The van der Waals surface area contributed by atoms with Gasteiger partial charge in [-0.05, 0) is 91.2 Å². The predicted molar refractivity (Wildman–Crippen MR) is 162 cm³/mol. The van der Waals surface area contributed by atoms with E-state index < -0.39 is 12.0 Å². The van der Waals surface area contributed by atoms with E-state index in [1.807, 2.05) is 56.3 Å². The van der Waals surface area contributed by atoms with Gasteiger partial charge in [0, 0.05) is 23.1 Å². The van der Waals surface area contributed by atoms with Gasteiger partial charge in [0.2, 0.25) is 6.79 Å². The summed E-state index contributed by atoms with van der Waals surface area (Å²) in [7, 11) is 1.58. The highest BCUT2D eigenvalue weighted by Crippen LogP contribution is 2.36. The first-order valence-corrected chi connectivity index (χ1v) is 14.9. The second kappa shape index (κ2) is 11.0. The van der Waals surface area contributed by atoms with Gasteiger partial charge < -0.3 is 23.5 Å². The molecule has 2 aromatic carbocycles. The third-order valence-electron chi connectivity index (χ3n) is 7.38. The van der Waals surface area contributed by atoms with E-state index in [-0.39, 0.29) is 19.0 Å². The maximum absolute atomic E-state index is 14.1. The second-order valence-electron chi connectivity index (χ2n) is 9.90. The summed E-state index contributed by atoms with van der Waals surface area (Å²) in [5, 5.41) is 0. The lowest BCUT2D eigenvalue weighted by Gasteiger charge is -2.25. The number of aromatic nitrogens is 2. The van der Waals surface area contributed by atoms with Crippen molar-refractivity contribution in [3.05, 3.63) is 100 Å². The average Bonchev–Trinajstić information content (AvgIpc) is 3.63. The number of aryl methyl sites for hydroxylation is 1. The lowest BCUT2D eigenvalue weighted by atomic mass is 9.96. The van der Waals surface area contributed by atoms with Crippen LogP contribution in [0.3, 0.4) is 0 Å². The lowest BCUT2D eigenvalue weighted by molar-refractivity contribution is -0.139. The minimum Gasteiger partial charge on any atom is -0.496 e. The van der Waals surface area contributed by atoms with Crippen LogP contribution in [0, 0.1) is 13.8 Å². The van der Waals surface area contributed by atoms with Gasteiger partial charge in [0.1, 0.15) is 5.75 Å². The molecule has 9 nitrogen and oxygen atoms in total. The Bertz CT molecular complexity index is 1970. The summed E-state index contributed by atoms with van der Waals surface area (Å²) in [6, 6.07) is 12.7. The Labute approximate surface area is 254 Å². The first-order chi connectivity index (χ1) is 20.2. The fourth-order valence-electron chi connectivity index (χ4n) is 5.46. The second-order valence-corrected chi connectivity index (χ2v) is 11.8. The normalized spacial score (nSPS) is 16.0. The van der Waals surface area contributed by atoms with Crippen LogP contribution >= 0.6 is 27.3 Å². The number of carbonyl (C=O) groups is 1. The van der Waals surface area contributed by atoms with Gasteiger partial charge in [-0.2, -0.15) is 0 Å². The van der Waals surface area contributed by atoms with Crippen LogP contribution in [0.4, 0.5) is 0 Å². The van der Waals surface area contributed by atoms with Crippen LogP contribution in [0.2, 0.25) is 0 Å². The molecule has 0 saturated carbocycles. The Morgan fingerprint density at radius 2 is 1.93 bits per heavy atom. The number of ether oxygens (including phenoxy) is 4. The van der Waals surface area contributed by atoms with E-state index in [0.29, 0.717) is 36.6 Å². The van der Waals surface area contributed by atoms with Crippen LogP contribution < -0.4 is 29.1 Å². The zero-order valence-corrected chi connectivity index (χ0v) is 26.1. The molecule has 4 aromatic rings.